The molecule has 2 aromatic rings. The first-order chi connectivity index (χ1) is 12.7. The number of rotatable bonds is 7. The van der Waals surface area contributed by atoms with E-state index >= 15 is 0 Å². The molecule has 0 spiro atoms. The summed E-state index contributed by atoms with van der Waals surface area (Å²) in [5.74, 6) is 0.760. The Balaban J connectivity index is 1.96. The summed E-state index contributed by atoms with van der Waals surface area (Å²) in [6.07, 6.45) is 0. The molecule has 0 amide bonds. The van der Waals surface area contributed by atoms with Gasteiger partial charge in [-0.25, -0.2) is 4.79 Å². The minimum atomic E-state index is -0.403. The lowest BCUT2D eigenvalue weighted by Crippen LogP contribution is -2.16. The lowest BCUT2D eigenvalue weighted by Gasteiger charge is -2.22. The van der Waals surface area contributed by atoms with Crippen LogP contribution in [0.1, 0.15) is 49.9 Å². The fourth-order valence-corrected chi connectivity index (χ4v) is 2.83. The molecular weight excluding hydrogens is 340 g/mol. The van der Waals surface area contributed by atoms with Crippen LogP contribution < -0.4 is 9.47 Å². The summed E-state index contributed by atoms with van der Waals surface area (Å²) in [5.41, 5.74) is 4.69. The smallest absolute Gasteiger partial charge is 0.344 e. The van der Waals surface area contributed by atoms with Crippen molar-refractivity contribution >= 4 is 5.97 Å². The summed E-state index contributed by atoms with van der Waals surface area (Å²) in [5, 5.41) is 0. The summed E-state index contributed by atoms with van der Waals surface area (Å²) in [6.45, 7) is 13.2. The molecule has 0 bridgehead atoms. The Morgan fingerprint density at radius 1 is 0.963 bits per heavy atom. The summed E-state index contributed by atoms with van der Waals surface area (Å²) in [7, 11) is 0. The van der Waals surface area contributed by atoms with Gasteiger partial charge in [-0.05, 0) is 60.6 Å². The van der Waals surface area contributed by atoms with Crippen LogP contribution in [0.4, 0.5) is 0 Å². The highest BCUT2D eigenvalue weighted by Crippen LogP contribution is 2.28. The van der Waals surface area contributed by atoms with Crippen molar-refractivity contribution in [3.05, 3.63) is 58.7 Å². The van der Waals surface area contributed by atoms with Gasteiger partial charge in [0.2, 0.25) is 0 Å². The molecule has 0 aromatic heterocycles. The van der Waals surface area contributed by atoms with Gasteiger partial charge in [-0.1, -0.05) is 45.0 Å². The van der Waals surface area contributed by atoms with Gasteiger partial charge < -0.3 is 14.2 Å². The van der Waals surface area contributed by atoms with Crippen LogP contribution in [0.2, 0.25) is 0 Å². The summed E-state index contributed by atoms with van der Waals surface area (Å²) < 4.78 is 16.5. The second kappa shape index (κ2) is 8.94. The number of para-hydroxylation sites is 2. The monoisotopic (exact) mass is 370 g/mol. The number of aryl methyl sites for hydroxylation is 2. The van der Waals surface area contributed by atoms with Gasteiger partial charge in [-0.3, -0.25) is 0 Å². The van der Waals surface area contributed by atoms with E-state index in [0.717, 1.165) is 16.7 Å². The molecule has 4 heteroatoms. The zero-order chi connectivity index (χ0) is 20.0. The molecule has 27 heavy (non-hydrogen) atoms. The molecule has 0 heterocycles. The number of esters is 1. The lowest BCUT2D eigenvalue weighted by molar-refractivity contribution is -0.147. The molecule has 0 saturated carbocycles. The van der Waals surface area contributed by atoms with Gasteiger partial charge in [0, 0.05) is 0 Å². The van der Waals surface area contributed by atoms with Crippen LogP contribution in [0.15, 0.2) is 36.4 Å². The number of carbonyl (C=O) groups excluding carboxylic acids is 1. The molecule has 0 saturated heterocycles. The predicted molar refractivity (Wildman–Crippen MR) is 108 cm³/mol. The fourth-order valence-electron chi connectivity index (χ4n) is 2.83. The summed E-state index contributed by atoms with van der Waals surface area (Å²) in [4.78, 5) is 12.1. The van der Waals surface area contributed by atoms with Crippen LogP contribution in [0, 0.1) is 13.8 Å². The number of hydrogen-bond acceptors (Lipinski definition) is 4. The van der Waals surface area contributed by atoms with E-state index in [9.17, 15) is 4.79 Å². The predicted octanol–water partition coefficient (Wildman–Crippen LogP) is 5.12. The standard InChI is InChI=1S/C23H30O4/c1-7-25-20-10-8-9-11-21(20)26-15-22(24)27-14-19-16(2)12-18(13-17(19)3)23(4,5)6/h8-13H,7,14-15H2,1-6H3. The number of carbonyl (C=O) groups is 1. The Morgan fingerprint density at radius 3 is 2.04 bits per heavy atom. The molecule has 0 aliphatic heterocycles. The van der Waals surface area contributed by atoms with Gasteiger partial charge in [0.05, 0.1) is 6.61 Å². The first kappa shape index (κ1) is 20.8. The van der Waals surface area contributed by atoms with Gasteiger partial charge in [0.1, 0.15) is 6.61 Å². The average molecular weight is 370 g/mol. The van der Waals surface area contributed by atoms with Crippen molar-refractivity contribution in [3.8, 4) is 11.5 Å². The van der Waals surface area contributed by atoms with Gasteiger partial charge in [0.15, 0.2) is 18.1 Å². The summed E-state index contributed by atoms with van der Waals surface area (Å²) >= 11 is 0. The molecule has 0 N–H and O–H groups in total. The quantitative estimate of drug-likeness (QED) is 0.635. The zero-order valence-electron chi connectivity index (χ0n) is 17.2. The second-order valence-electron chi connectivity index (χ2n) is 7.67. The molecule has 0 aliphatic carbocycles. The van der Waals surface area contributed by atoms with Crippen molar-refractivity contribution in [2.24, 2.45) is 0 Å². The van der Waals surface area contributed by atoms with Gasteiger partial charge >= 0.3 is 5.97 Å². The highest BCUT2D eigenvalue weighted by Gasteiger charge is 2.17. The van der Waals surface area contributed by atoms with Gasteiger partial charge in [-0.2, -0.15) is 0 Å². The van der Waals surface area contributed by atoms with E-state index in [1.807, 2.05) is 25.1 Å². The van der Waals surface area contributed by atoms with Crippen molar-refractivity contribution < 1.29 is 19.0 Å². The van der Waals surface area contributed by atoms with E-state index in [2.05, 4.69) is 46.8 Å². The second-order valence-corrected chi connectivity index (χ2v) is 7.67. The number of hydrogen-bond donors (Lipinski definition) is 0. The van der Waals surface area contributed by atoms with E-state index in [-0.39, 0.29) is 18.6 Å². The van der Waals surface area contributed by atoms with Crippen molar-refractivity contribution in [3.63, 3.8) is 0 Å². The highest BCUT2D eigenvalue weighted by molar-refractivity contribution is 5.71. The minimum absolute atomic E-state index is 0.0898. The van der Waals surface area contributed by atoms with Crippen LogP contribution in [-0.4, -0.2) is 19.2 Å². The van der Waals surface area contributed by atoms with Crippen molar-refractivity contribution in [2.75, 3.05) is 13.2 Å². The number of ether oxygens (including phenoxy) is 3. The topological polar surface area (TPSA) is 44.8 Å². The molecule has 4 nitrogen and oxygen atoms in total. The van der Waals surface area contributed by atoms with E-state index in [1.165, 1.54) is 5.56 Å². The molecule has 2 aromatic carbocycles. The van der Waals surface area contributed by atoms with E-state index in [1.54, 1.807) is 6.07 Å². The Labute approximate surface area is 162 Å². The largest absolute Gasteiger partial charge is 0.490 e. The van der Waals surface area contributed by atoms with Crippen LogP contribution in [-0.2, 0) is 21.6 Å². The lowest BCUT2D eigenvalue weighted by atomic mass is 9.84. The maximum Gasteiger partial charge on any atom is 0.344 e. The van der Waals surface area contributed by atoms with Gasteiger partial charge in [0.25, 0.3) is 0 Å². The molecular formula is C23H30O4. The molecule has 0 fully saturated rings. The Hall–Kier alpha value is -2.49. The Bertz CT molecular complexity index is 764. The molecule has 0 radical (unpaired) electrons. The maximum absolute atomic E-state index is 12.1. The fraction of sp³-hybridized carbons (Fsp3) is 0.435. The van der Waals surface area contributed by atoms with Crippen LogP contribution in [0.5, 0.6) is 11.5 Å². The third-order valence-corrected chi connectivity index (χ3v) is 4.43. The first-order valence-electron chi connectivity index (χ1n) is 9.33. The van der Waals surface area contributed by atoms with Crippen LogP contribution in [0.25, 0.3) is 0 Å². The summed E-state index contributed by atoms with van der Waals surface area (Å²) in [6, 6.07) is 11.6. The normalized spacial score (nSPS) is 11.2. The Kier molecular flexibility index (Phi) is 6.89. The highest BCUT2D eigenvalue weighted by atomic mass is 16.6. The zero-order valence-corrected chi connectivity index (χ0v) is 17.2. The molecule has 146 valence electrons. The van der Waals surface area contributed by atoms with E-state index in [0.29, 0.717) is 18.1 Å². The van der Waals surface area contributed by atoms with Gasteiger partial charge in [-0.15, -0.1) is 0 Å². The maximum atomic E-state index is 12.1. The van der Waals surface area contributed by atoms with Crippen LogP contribution >= 0.6 is 0 Å². The third kappa shape index (κ3) is 5.75. The van der Waals surface area contributed by atoms with E-state index in [4.69, 9.17) is 14.2 Å². The third-order valence-electron chi connectivity index (χ3n) is 4.43. The minimum Gasteiger partial charge on any atom is -0.490 e. The molecule has 2 rings (SSSR count). The Morgan fingerprint density at radius 2 is 1.52 bits per heavy atom. The first-order valence-corrected chi connectivity index (χ1v) is 9.33. The van der Waals surface area contributed by atoms with E-state index < -0.39 is 5.97 Å². The number of benzene rings is 2. The SMILES string of the molecule is CCOc1ccccc1OCC(=O)OCc1c(C)cc(C(C)(C)C)cc1C. The average Bonchev–Trinajstić information content (AvgIpc) is 2.59. The van der Waals surface area contributed by atoms with Crippen LogP contribution in [0.3, 0.4) is 0 Å². The van der Waals surface area contributed by atoms with Crippen molar-refractivity contribution in [1.82, 2.24) is 0 Å². The van der Waals surface area contributed by atoms with Crippen molar-refractivity contribution in [1.29, 1.82) is 0 Å². The molecule has 0 atom stereocenters. The van der Waals surface area contributed by atoms with Crippen molar-refractivity contribution in [2.45, 2.75) is 53.6 Å². The molecule has 0 unspecified atom stereocenters. The molecule has 0 aliphatic rings.